The zero-order valence-corrected chi connectivity index (χ0v) is 9.16. The van der Waals surface area contributed by atoms with Crippen molar-refractivity contribution in [3.63, 3.8) is 0 Å². The van der Waals surface area contributed by atoms with Crippen molar-refractivity contribution < 1.29 is 12.7 Å². The lowest BCUT2D eigenvalue weighted by Gasteiger charge is -2.00. The van der Waals surface area contributed by atoms with E-state index in [4.69, 9.17) is 11.6 Å². The molecule has 0 saturated heterocycles. The molecule has 0 bridgehead atoms. The van der Waals surface area contributed by atoms with Gasteiger partial charge in [0.2, 0.25) is 0 Å². The summed E-state index contributed by atoms with van der Waals surface area (Å²) in [5.74, 6) is 0. The van der Waals surface area contributed by atoms with Crippen LogP contribution in [-0.4, -0.2) is 29.8 Å². The van der Waals surface area contributed by atoms with Gasteiger partial charge in [-0.3, -0.25) is 4.28 Å². The van der Waals surface area contributed by atoms with Gasteiger partial charge in [0.15, 0.2) is 0 Å². The molecule has 0 aliphatic rings. The first-order valence-corrected chi connectivity index (χ1v) is 6.07. The smallest absolute Gasteiger partial charge is 0.268 e. The number of hydrogen-bond donors (Lipinski definition) is 0. The summed E-state index contributed by atoms with van der Waals surface area (Å²) in [5, 5.41) is 7.60. The molecule has 2 aromatic rings. The zero-order chi connectivity index (χ0) is 11.1. The van der Waals surface area contributed by atoms with E-state index in [1.807, 2.05) is 0 Å². The van der Waals surface area contributed by atoms with E-state index in [0.29, 0.717) is 16.1 Å². The van der Waals surface area contributed by atoms with E-state index in [1.54, 1.807) is 18.2 Å². The maximum absolute atomic E-state index is 10.9. The van der Waals surface area contributed by atoms with Crippen molar-refractivity contribution in [2.24, 2.45) is 0 Å². The van der Waals surface area contributed by atoms with Crippen LogP contribution in [0.1, 0.15) is 0 Å². The molecule has 6 nitrogen and oxygen atoms in total. The molecule has 0 radical (unpaired) electrons. The number of fused-ring (bicyclic) bond motifs is 1. The number of halogens is 1. The summed E-state index contributed by atoms with van der Waals surface area (Å²) in [6.07, 6.45) is 0.922. The van der Waals surface area contributed by atoms with Crippen LogP contribution >= 0.6 is 11.6 Å². The van der Waals surface area contributed by atoms with E-state index >= 15 is 0 Å². The summed E-state index contributed by atoms with van der Waals surface area (Å²) in [7, 11) is -3.63. The van der Waals surface area contributed by atoms with E-state index < -0.39 is 10.1 Å². The molecular weight excluding hydrogens is 242 g/mol. The van der Waals surface area contributed by atoms with Crippen LogP contribution in [0.4, 0.5) is 0 Å². The molecule has 0 spiro atoms. The highest BCUT2D eigenvalue weighted by Gasteiger charge is 2.11. The topological polar surface area (TPSA) is 74.1 Å². The SMILES string of the molecule is CS(=O)(=O)On1nnc2c(Cl)cccc21. The molecule has 1 heterocycles. The van der Waals surface area contributed by atoms with Crippen LogP contribution in [0, 0.1) is 0 Å². The van der Waals surface area contributed by atoms with Gasteiger partial charge in [0, 0.05) is 0 Å². The van der Waals surface area contributed by atoms with Crippen LogP contribution in [0.25, 0.3) is 11.0 Å². The molecular formula is C7H6ClN3O3S. The van der Waals surface area contributed by atoms with E-state index in [-0.39, 0.29) is 0 Å². The van der Waals surface area contributed by atoms with Gasteiger partial charge in [0.1, 0.15) is 11.0 Å². The lowest BCUT2D eigenvalue weighted by atomic mass is 10.3. The molecule has 80 valence electrons. The zero-order valence-electron chi connectivity index (χ0n) is 7.58. The highest BCUT2D eigenvalue weighted by molar-refractivity contribution is 7.86. The molecule has 15 heavy (non-hydrogen) atoms. The van der Waals surface area contributed by atoms with E-state index in [0.717, 1.165) is 11.1 Å². The van der Waals surface area contributed by atoms with E-state index in [1.165, 1.54) is 0 Å². The first-order valence-electron chi connectivity index (χ1n) is 3.87. The third kappa shape index (κ3) is 2.02. The molecule has 1 aromatic carbocycles. The Bertz CT molecular complexity index is 607. The molecule has 0 N–H and O–H groups in total. The number of hydrogen-bond acceptors (Lipinski definition) is 5. The minimum Gasteiger partial charge on any atom is -0.268 e. The molecule has 0 aliphatic heterocycles. The Morgan fingerprint density at radius 3 is 2.87 bits per heavy atom. The second-order valence-electron chi connectivity index (χ2n) is 2.85. The molecule has 2 rings (SSSR count). The van der Waals surface area contributed by atoms with Gasteiger partial charge in [0.25, 0.3) is 0 Å². The van der Waals surface area contributed by atoms with Crippen LogP contribution in [-0.2, 0) is 10.1 Å². The van der Waals surface area contributed by atoms with Crippen LogP contribution in [0.3, 0.4) is 0 Å². The molecule has 0 atom stereocenters. The first kappa shape index (κ1) is 10.2. The molecule has 0 aliphatic carbocycles. The molecule has 0 unspecified atom stereocenters. The lowest BCUT2D eigenvalue weighted by molar-refractivity contribution is 0.247. The standard InChI is InChI=1S/C7H6ClN3O3S/c1-15(12,13)14-11-6-4-2-3-5(8)7(6)9-10-11/h2-4H,1H3. The third-order valence-electron chi connectivity index (χ3n) is 1.60. The van der Waals surface area contributed by atoms with Gasteiger partial charge >= 0.3 is 10.1 Å². The Morgan fingerprint density at radius 2 is 2.20 bits per heavy atom. The molecule has 8 heteroatoms. The Morgan fingerprint density at radius 1 is 1.47 bits per heavy atom. The summed E-state index contributed by atoms with van der Waals surface area (Å²) >= 11 is 5.82. The van der Waals surface area contributed by atoms with Crippen LogP contribution in [0.5, 0.6) is 0 Å². The summed E-state index contributed by atoms with van der Waals surface area (Å²) in [6.45, 7) is 0. The summed E-state index contributed by atoms with van der Waals surface area (Å²) < 4.78 is 26.3. The molecule has 1 aromatic heterocycles. The average Bonchev–Trinajstić information content (AvgIpc) is 2.48. The maximum atomic E-state index is 10.9. The molecule has 0 fully saturated rings. The van der Waals surface area contributed by atoms with Gasteiger partial charge in [-0.2, -0.15) is 8.42 Å². The number of aromatic nitrogens is 3. The van der Waals surface area contributed by atoms with E-state index in [2.05, 4.69) is 14.6 Å². The van der Waals surface area contributed by atoms with Gasteiger partial charge in [-0.05, 0) is 17.3 Å². The Hall–Kier alpha value is -1.34. The van der Waals surface area contributed by atoms with Crippen molar-refractivity contribution in [2.45, 2.75) is 0 Å². The largest absolute Gasteiger partial charge is 0.325 e. The highest BCUT2D eigenvalue weighted by atomic mass is 35.5. The van der Waals surface area contributed by atoms with Crippen molar-refractivity contribution in [1.29, 1.82) is 0 Å². The average molecular weight is 248 g/mol. The molecule has 0 amide bonds. The minimum atomic E-state index is -3.63. The number of nitrogens with zero attached hydrogens (tertiary/aromatic N) is 3. The minimum absolute atomic E-state index is 0.385. The fraction of sp³-hybridized carbons (Fsp3) is 0.143. The van der Waals surface area contributed by atoms with Crippen molar-refractivity contribution in [1.82, 2.24) is 15.2 Å². The summed E-state index contributed by atoms with van der Waals surface area (Å²) in [4.78, 5) is 0.816. The quantitative estimate of drug-likeness (QED) is 0.771. The van der Waals surface area contributed by atoms with Crippen molar-refractivity contribution in [3.05, 3.63) is 23.2 Å². The van der Waals surface area contributed by atoms with Gasteiger partial charge in [-0.25, -0.2) is 0 Å². The Kier molecular flexibility index (Phi) is 2.28. The molecule has 0 saturated carbocycles. The summed E-state index contributed by atoms with van der Waals surface area (Å²) in [6, 6.07) is 4.88. The Labute approximate surface area is 90.5 Å². The van der Waals surface area contributed by atoms with Crippen molar-refractivity contribution in [2.75, 3.05) is 6.26 Å². The first-order chi connectivity index (χ1) is 6.97. The normalized spacial score (nSPS) is 11.9. The summed E-state index contributed by atoms with van der Waals surface area (Å²) in [5.41, 5.74) is 0.788. The second kappa shape index (κ2) is 3.35. The third-order valence-corrected chi connectivity index (χ3v) is 2.32. The lowest BCUT2D eigenvalue weighted by Crippen LogP contribution is -2.19. The van der Waals surface area contributed by atoms with Gasteiger partial charge in [-0.15, -0.1) is 5.10 Å². The fourth-order valence-corrected chi connectivity index (χ4v) is 1.65. The van der Waals surface area contributed by atoms with Crippen LogP contribution in [0.2, 0.25) is 5.02 Å². The van der Waals surface area contributed by atoms with Crippen molar-refractivity contribution >= 4 is 32.8 Å². The predicted molar refractivity (Wildman–Crippen MR) is 54.0 cm³/mol. The maximum Gasteiger partial charge on any atom is 0.325 e. The highest BCUT2D eigenvalue weighted by Crippen LogP contribution is 2.19. The second-order valence-corrected chi connectivity index (χ2v) is 4.81. The van der Waals surface area contributed by atoms with Gasteiger partial charge in [-0.1, -0.05) is 22.5 Å². The Balaban J connectivity index is 2.60. The fourth-order valence-electron chi connectivity index (χ4n) is 1.07. The van der Waals surface area contributed by atoms with Crippen LogP contribution in [0.15, 0.2) is 18.2 Å². The monoisotopic (exact) mass is 247 g/mol. The van der Waals surface area contributed by atoms with Gasteiger partial charge in [0.05, 0.1) is 11.3 Å². The van der Waals surface area contributed by atoms with Gasteiger partial charge < -0.3 is 0 Å². The predicted octanol–water partition coefficient (Wildman–Crippen LogP) is 0.473. The number of rotatable bonds is 2. The van der Waals surface area contributed by atoms with Crippen LogP contribution < -0.4 is 4.28 Å². The van der Waals surface area contributed by atoms with E-state index in [9.17, 15) is 8.42 Å². The number of benzene rings is 1. The van der Waals surface area contributed by atoms with Crippen molar-refractivity contribution in [3.8, 4) is 0 Å².